The van der Waals surface area contributed by atoms with Gasteiger partial charge in [0.25, 0.3) is 5.91 Å². The first-order valence-electron chi connectivity index (χ1n) is 9.69. The molecule has 2 aromatic rings. The molecule has 1 aromatic carbocycles. The van der Waals surface area contributed by atoms with Gasteiger partial charge in [0.2, 0.25) is 11.8 Å². The monoisotopic (exact) mass is 475 g/mol. The van der Waals surface area contributed by atoms with Gasteiger partial charge in [-0.05, 0) is 43.0 Å². The van der Waals surface area contributed by atoms with Gasteiger partial charge in [0.1, 0.15) is 5.75 Å². The van der Waals surface area contributed by atoms with Crippen molar-refractivity contribution in [2.45, 2.75) is 44.3 Å². The predicted molar refractivity (Wildman–Crippen MR) is 107 cm³/mol. The predicted octanol–water partition coefficient (Wildman–Crippen LogP) is 3.60. The Morgan fingerprint density at radius 1 is 1.34 bits per heavy atom. The van der Waals surface area contributed by atoms with Gasteiger partial charge >= 0.3 is 6.36 Å². The van der Waals surface area contributed by atoms with E-state index in [0.29, 0.717) is 28.3 Å². The van der Waals surface area contributed by atoms with Gasteiger partial charge in [0.05, 0.1) is 12.7 Å². The third-order valence-corrected chi connectivity index (χ3v) is 5.16. The highest BCUT2D eigenvalue weighted by Crippen LogP contribution is 2.41. The van der Waals surface area contributed by atoms with Crippen LogP contribution in [-0.4, -0.2) is 46.8 Å². The van der Waals surface area contributed by atoms with Crippen molar-refractivity contribution >= 4 is 23.1 Å². The van der Waals surface area contributed by atoms with Crippen LogP contribution in [0.5, 0.6) is 5.75 Å². The lowest BCUT2D eigenvalue weighted by Gasteiger charge is -2.32. The van der Waals surface area contributed by atoms with Crippen LogP contribution in [0.1, 0.15) is 42.5 Å². The zero-order chi connectivity index (χ0) is 23.3. The Bertz CT molecular complexity index is 960. The van der Waals surface area contributed by atoms with Crippen molar-refractivity contribution in [1.29, 1.82) is 0 Å². The molecule has 0 saturated heterocycles. The molecule has 3 rings (SSSR count). The van der Waals surface area contributed by atoms with Gasteiger partial charge in [-0.3, -0.25) is 9.53 Å². The third kappa shape index (κ3) is 6.68. The Kier molecular flexibility index (Phi) is 7.75. The first-order valence-corrected chi connectivity index (χ1v) is 10.1. The van der Waals surface area contributed by atoms with E-state index in [4.69, 9.17) is 20.8 Å². The number of aliphatic hydroxyl groups excluding tert-OH is 1. The second kappa shape index (κ2) is 10.3. The van der Waals surface area contributed by atoms with Crippen molar-refractivity contribution < 1.29 is 37.0 Å². The molecule has 8 nitrogen and oxygen atoms in total. The summed E-state index contributed by atoms with van der Waals surface area (Å²) < 4.78 is 51.4. The van der Waals surface area contributed by atoms with E-state index in [1.165, 1.54) is 0 Å². The first kappa shape index (κ1) is 24.0. The Balaban J connectivity index is 1.37. The van der Waals surface area contributed by atoms with Gasteiger partial charge < -0.3 is 19.6 Å². The fraction of sp³-hybridized carbons (Fsp3) is 0.450. The van der Waals surface area contributed by atoms with Gasteiger partial charge in [-0.25, -0.2) is 0 Å². The Hall–Kier alpha value is -2.63. The van der Waals surface area contributed by atoms with Crippen LogP contribution in [-0.2, 0) is 16.1 Å². The van der Waals surface area contributed by atoms with Crippen molar-refractivity contribution in [2.24, 2.45) is 0 Å². The molecule has 12 heteroatoms. The summed E-state index contributed by atoms with van der Waals surface area (Å²) in [6, 6.07) is 4.70. The minimum atomic E-state index is -4.66. The number of hydrogen-bond donors (Lipinski definition) is 2. The van der Waals surface area contributed by atoms with Crippen LogP contribution in [0.3, 0.4) is 0 Å². The molecular weight excluding hydrogens is 455 g/mol. The highest BCUT2D eigenvalue weighted by atomic mass is 35.5. The molecule has 0 aliphatic heterocycles. The van der Waals surface area contributed by atoms with Crippen LogP contribution in [0.4, 0.5) is 13.2 Å². The molecule has 0 spiro atoms. The molecule has 0 unspecified atom stereocenters. The minimum Gasteiger partial charge on any atom is -0.484 e. The van der Waals surface area contributed by atoms with Crippen molar-refractivity contribution in [3.63, 3.8) is 0 Å². The molecule has 1 saturated carbocycles. The van der Waals surface area contributed by atoms with E-state index in [1.54, 1.807) is 18.2 Å². The standard InChI is InChI=1S/C20H21ClF3N3O5/c1-11(18-26-27-19(31-18)12-6-15(7-12)32-20(22,23)24)4-5-25-17(29)10-30-14-2-3-16(21)13(8-14)9-28/h2-3,8,12,15,28H,1,4-7,9-10H2,(H,25,29)/t12-,15+. The number of alkyl halides is 3. The van der Waals surface area contributed by atoms with E-state index in [2.05, 4.69) is 26.8 Å². The molecule has 0 radical (unpaired) electrons. The lowest BCUT2D eigenvalue weighted by atomic mass is 9.82. The maximum absolute atomic E-state index is 12.2. The zero-order valence-corrected chi connectivity index (χ0v) is 17.6. The quantitative estimate of drug-likeness (QED) is 0.540. The van der Waals surface area contributed by atoms with Gasteiger partial charge in [-0.1, -0.05) is 18.2 Å². The highest BCUT2D eigenvalue weighted by Gasteiger charge is 2.42. The average molecular weight is 476 g/mol. The smallest absolute Gasteiger partial charge is 0.484 e. The van der Waals surface area contributed by atoms with Crippen molar-refractivity contribution in [2.75, 3.05) is 13.2 Å². The summed E-state index contributed by atoms with van der Waals surface area (Å²) in [5, 5.41) is 20.0. The molecule has 0 bridgehead atoms. The van der Waals surface area contributed by atoms with Crippen LogP contribution in [0.2, 0.25) is 5.02 Å². The largest absolute Gasteiger partial charge is 0.522 e. The van der Waals surface area contributed by atoms with Crippen LogP contribution >= 0.6 is 11.6 Å². The van der Waals surface area contributed by atoms with Crippen LogP contribution in [0.15, 0.2) is 29.2 Å². The molecule has 1 fully saturated rings. The van der Waals surface area contributed by atoms with Gasteiger partial charge in [0.15, 0.2) is 6.61 Å². The van der Waals surface area contributed by atoms with Gasteiger partial charge in [-0.15, -0.1) is 23.4 Å². The summed E-state index contributed by atoms with van der Waals surface area (Å²) in [4.78, 5) is 11.9. The van der Waals surface area contributed by atoms with E-state index in [-0.39, 0.29) is 56.2 Å². The van der Waals surface area contributed by atoms with Crippen LogP contribution in [0.25, 0.3) is 5.57 Å². The zero-order valence-electron chi connectivity index (χ0n) is 16.8. The molecule has 1 amide bonds. The van der Waals surface area contributed by atoms with E-state index >= 15 is 0 Å². The number of carbonyl (C=O) groups excluding carboxylic acids is 1. The van der Waals surface area contributed by atoms with Gasteiger partial charge in [-0.2, -0.15) is 0 Å². The average Bonchev–Trinajstić information content (AvgIpc) is 3.18. The van der Waals surface area contributed by atoms with E-state index in [0.717, 1.165) is 0 Å². The fourth-order valence-electron chi connectivity index (χ4n) is 3.02. The topological polar surface area (TPSA) is 107 Å². The van der Waals surface area contributed by atoms with E-state index < -0.39 is 12.5 Å². The lowest BCUT2D eigenvalue weighted by Crippen LogP contribution is -2.34. The molecular formula is C20H21ClF3N3O5. The number of nitrogens with one attached hydrogen (secondary N) is 1. The number of halogens is 4. The van der Waals surface area contributed by atoms with Crippen molar-refractivity contribution in [3.8, 4) is 5.75 Å². The molecule has 1 aromatic heterocycles. The van der Waals surface area contributed by atoms with E-state index in [1.807, 2.05) is 0 Å². The Morgan fingerprint density at radius 3 is 2.78 bits per heavy atom. The number of nitrogens with zero attached hydrogens (tertiary/aromatic N) is 2. The van der Waals surface area contributed by atoms with Crippen LogP contribution in [0, 0.1) is 0 Å². The molecule has 1 heterocycles. The summed E-state index contributed by atoms with van der Waals surface area (Å²) in [6.45, 7) is 3.60. The summed E-state index contributed by atoms with van der Waals surface area (Å²) in [5.41, 5.74) is 0.975. The maximum Gasteiger partial charge on any atom is 0.522 e. The number of hydrogen-bond acceptors (Lipinski definition) is 7. The number of ether oxygens (including phenoxy) is 2. The Labute approximate surface area is 186 Å². The molecule has 2 N–H and O–H groups in total. The number of aromatic nitrogens is 2. The van der Waals surface area contributed by atoms with Crippen LogP contribution < -0.4 is 10.1 Å². The summed E-state index contributed by atoms with van der Waals surface area (Å²) in [6.07, 6.45) is -4.93. The molecule has 1 aliphatic carbocycles. The molecule has 1 aliphatic rings. The van der Waals surface area contributed by atoms with Gasteiger partial charge in [0, 0.05) is 23.1 Å². The first-order chi connectivity index (χ1) is 15.1. The number of carbonyl (C=O) groups is 1. The number of benzene rings is 1. The molecule has 32 heavy (non-hydrogen) atoms. The summed E-state index contributed by atoms with van der Waals surface area (Å²) in [5.74, 6) is 0.159. The number of aliphatic hydroxyl groups is 1. The second-order valence-electron chi connectivity index (χ2n) is 7.20. The number of amides is 1. The lowest BCUT2D eigenvalue weighted by molar-refractivity contribution is -0.352. The fourth-order valence-corrected chi connectivity index (χ4v) is 3.19. The third-order valence-electron chi connectivity index (χ3n) is 4.79. The Morgan fingerprint density at radius 2 is 2.09 bits per heavy atom. The summed E-state index contributed by atoms with van der Waals surface area (Å²) >= 11 is 5.90. The SMILES string of the molecule is C=C(CCNC(=O)COc1ccc(Cl)c(CO)c1)c1nnc([C@H]2C[C@@H](OC(F)(F)F)C2)o1. The van der Waals surface area contributed by atoms with Crippen molar-refractivity contribution in [3.05, 3.63) is 47.1 Å². The molecule has 0 atom stereocenters. The number of rotatable bonds is 10. The molecule has 174 valence electrons. The second-order valence-corrected chi connectivity index (χ2v) is 7.61. The summed E-state index contributed by atoms with van der Waals surface area (Å²) in [7, 11) is 0. The maximum atomic E-state index is 12.2. The van der Waals surface area contributed by atoms with E-state index in [9.17, 15) is 23.1 Å². The van der Waals surface area contributed by atoms with Crippen molar-refractivity contribution in [1.82, 2.24) is 15.5 Å². The highest BCUT2D eigenvalue weighted by molar-refractivity contribution is 6.31. The minimum absolute atomic E-state index is 0.150. The normalized spacial score (nSPS) is 18.2.